The third kappa shape index (κ3) is 4.03. The van der Waals surface area contributed by atoms with Gasteiger partial charge < -0.3 is 10.4 Å². The molecule has 2 N–H and O–H groups in total. The molecule has 1 aromatic carbocycles. The van der Waals surface area contributed by atoms with Crippen molar-refractivity contribution < 1.29 is 19.1 Å². The summed E-state index contributed by atoms with van der Waals surface area (Å²) in [6, 6.07) is 3.44. The van der Waals surface area contributed by atoms with Crippen molar-refractivity contribution in [1.82, 2.24) is 5.32 Å². The lowest BCUT2D eigenvalue weighted by Gasteiger charge is -2.23. The molecule has 1 fully saturated rings. The van der Waals surface area contributed by atoms with Crippen LogP contribution in [0, 0.1) is 11.7 Å². The Balaban J connectivity index is 2.14. The Kier molecular flexibility index (Phi) is 5.33. The minimum atomic E-state index is -0.875. The van der Waals surface area contributed by atoms with E-state index in [9.17, 15) is 19.1 Å². The minimum Gasteiger partial charge on any atom is -0.481 e. The summed E-state index contributed by atoms with van der Waals surface area (Å²) in [7, 11) is 0. The van der Waals surface area contributed by atoms with Crippen LogP contribution in [0.3, 0.4) is 0 Å². The molecular formula is C15H17BrFNO3. The van der Waals surface area contributed by atoms with Crippen molar-refractivity contribution in [2.45, 2.75) is 38.1 Å². The Morgan fingerprint density at radius 3 is 2.62 bits per heavy atom. The van der Waals surface area contributed by atoms with Crippen molar-refractivity contribution >= 4 is 27.8 Å². The van der Waals surface area contributed by atoms with Crippen molar-refractivity contribution in [3.63, 3.8) is 0 Å². The van der Waals surface area contributed by atoms with Crippen molar-refractivity contribution in [3.8, 4) is 0 Å². The Bertz CT molecular complexity index is 550. The van der Waals surface area contributed by atoms with Gasteiger partial charge in [0.05, 0.1) is 11.5 Å². The molecule has 21 heavy (non-hydrogen) atoms. The molecule has 114 valence electrons. The van der Waals surface area contributed by atoms with Gasteiger partial charge in [0, 0.05) is 10.5 Å². The van der Waals surface area contributed by atoms with Gasteiger partial charge in [-0.3, -0.25) is 9.59 Å². The van der Waals surface area contributed by atoms with Gasteiger partial charge in [-0.1, -0.05) is 19.3 Å². The highest BCUT2D eigenvalue weighted by atomic mass is 79.9. The number of amides is 1. The molecule has 1 aliphatic rings. The van der Waals surface area contributed by atoms with Gasteiger partial charge in [0.25, 0.3) is 5.91 Å². The van der Waals surface area contributed by atoms with Crippen LogP contribution in [0.25, 0.3) is 0 Å². The van der Waals surface area contributed by atoms with Gasteiger partial charge in [-0.2, -0.15) is 0 Å². The van der Waals surface area contributed by atoms with Crippen molar-refractivity contribution in [1.29, 1.82) is 0 Å². The van der Waals surface area contributed by atoms with Crippen LogP contribution in [-0.2, 0) is 4.79 Å². The first-order valence-electron chi connectivity index (χ1n) is 6.98. The van der Waals surface area contributed by atoms with Gasteiger partial charge in [0.15, 0.2) is 0 Å². The molecule has 0 bridgehead atoms. The second kappa shape index (κ2) is 7.02. The number of hydrogen-bond donors (Lipinski definition) is 2. The quantitative estimate of drug-likeness (QED) is 0.815. The Labute approximate surface area is 130 Å². The molecule has 0 saturated heterocycles. The van der Waals surface area contributed by atoms with E-state index in [0.717, 1.165) is 19.3 Å². The summed E-state index contributed by atoms with van der Waals surface area (Å²) in [5.74, 6) is -2.24. The molecule has 0 radical (unpaired) electrons. The second-order valence-electron chi connectivity index (χ2n) is 5.29. The number of halogens is 2. The average molecular weight is 358 g/mol. The molecule has 6 heteroatoms. The van der Waals surface area contributed by atoms with E-state index in [1.807, 2.05) is 0 Å². The number of aliphatic carboxylic acids is 1. The van der Waals surface area contributed by atoms with E-state index in [2.05, 4.69) is 21.2 Å². The summed E-state index contributed by atoms with van der Waals surface area (Å²) >= 11 is 3.15. The lowest BCUT2D eigenvalue weighted by Crippen LogP contribution is -2.42. The van der Waals surface area contributed by atoms with Crippen molar-refractivity contribution in [2.75, 3.05) is 0 Å². The molecule has 0 aliphatic heterocycles. The topological polar surface area (TPSA) is 66.4 Å². The number of carbonyl (C=O) groups is 2. The molecular weight excluding hydrogens is 341 g/mol. The second-order valence-corrected chi connectivity index (χ2v) is 6.14. The third-order valence-corrected chi connectivity index (χ3v) is 4.48. The smallest absolute Gasteiger partial charge is 0.308 e. The molecule has 1 saturated carbocycles. The zero-order valence-electron chi connectivity index (χ0n) is 11.4. The summed E-state index contributed by atoms with van der Waals surface area (Å²) in [6.07, 6.45) is 3.98. The fourth-order valence-corrected chi connectivity index (χ4v) is 3.23. The van der Waals surface area contributed by atoms with Crippen LogP contribution in [-0.4, -0.2) is 23.0 Å². The number of hydrogen-bond acceptors (Lipinski definition) is 2. The van der Waals surface area contributed by atoms with E-state index < -0.39 is 17.7 Å². The Morgan fingerprint density at radius 2 is 1.95 bits per heavy atom. The predicted octanol–water partition coefficient (Wildman–Crippen LogP) is 3.35. The predicted molar refractivity (Wildman–Crippen MR) is 79.6 cm³/mol. The lowest BCUT2D eigenvalue weighted by atomic mass is 9.94. The molecule has 2 unspecified atom stereocenters. The first-order valence-corrected chi connectivity index (χ1v) is 7.77. The van der Waals surface area contributed by atoms with Gasteiger partial charge in [-0.25, -0.2) is 4.39 Å². The standard InChI is InChI=1S/C15H17BrFNO3/c16-12-8-9(17)6-7-10(12)14(19)18-13-5-3-1-2-4-11(13)15(20)21/h6-8,11,13H,1-5H2,(H,18,19)(H,20,21). The van der Waals surface area contributed by atoms with E-state index in [0.29, 0.717) is 22.9 Å². The highest BCUT2D eigenvalue weighted by Gasteiger charge is 2.31. The summed E-state index contributed by atoms with van der Waals surface area (Å²) in [5, 5.41) is 12.1. The van der Waals surface area contributed by atoms with Gasteiger partial charge >= 0.3 is 5.97 Å². The largest absolute Gasteiger partial charge is 0.481 e. The first-order chi connectivity index (χ1) is 9.99. The highest BCUT2D eigenvalue weighted by molar-refractivity contribution is 9.10. The van der Waals surface area contributed by atoms with Crippen LogP contribution < -0.4 is 5.32 Å². The van der Waals surface area contributed by atoms with E-state index in [-0.39, 0.29) is 11.9 Å². The number of carbonyl (C=O) groups excluding carboxylic acids is 1. The molecule has 1 aromatic rings. The number of benzene rings is 1. The normalized spacial score (nSPS) is 22.4. The Hall–Kier alpha value is -1.43. The van der Waals surface area contributed by atoms with Crippen molar-refractivity contribution in [2.24, 2.45) is 5.92 Å². The lowest BCUT2D eigenvalue weighted by molar-refractivity contribution is -0.142. The van der Waals surface area contributed by atoms with Gasteiger partial charge in [0.2, 0.25) is 0 Å². The molecule has 2 rings (SSSR count). The SMILES string of the molecule is O=C(NC1CCCCCC1C(=O)O)c1ccc(F)cc1Br. The summed E-state index contributed by atoms with van der Waals surface area (Å²) in [6.45, 7) is 0. The van der Waals surface area contributed by atoms with E-state index in [1.54, 1.807) is 0 Å². The van der Waals surface area contributed by atoms with Gasteiger partial charge in [0.1, 0.15) is 5.82 Å². The number of nitrogens with one attached hydrogen (secondary N) is 1. The first kappa shape index (κ1) is 15.9. The summed E-state index contributed by atoms with van der Waals surface area (Å²) in [5.41, 5.74) is 0.310. The molecule has 4 nitrogen and oxygen atoms in total. The molecule has 1 amide bonds. The van der Waals surface area contributed by atoms with Crippen LogP contribution in [0.15, 0.2) is 22.7 Å². The van der Waals surface area contributed by atoms with Crippen LogP contribution in [0.5, 0.6) is 0 Å². The molecule has 0 aromatic heterocycles. The maximum Gasteiger partial charge on any atom is 0.308 e. The van der Waals surface area contributed by atoms with Crippen molar-refractivity contribution in [3.05, 3.63) is 34.1 Å². The van der Waals surface area contributed by atoms with Crippen LogP contribution in [0.2, 0.25) is 0 Å². The molecule has 2 atom stereocenters. The number of carboxylic acids is 1. The average Bonchev–Trinajstić information content (AvgIpc) is 2.63. The number of carboxylic acid groups (broad SMARTS) is 1. The van der Waals surface area contributed by atoms with Crippen LogP contribution in [0.1, 0.15) is 42.5 Å². The van der Waals surface area contributed by atoms with Gasteiger partial charge in [-0.15, -0.1) is 0 Å². The maximum absolute atomic E-state index is 13.1. The molecule has 0 heterocycles. The fourth-order valence-electron chi connectivity index (χ4n) is 2.70. The minimum absolute atomic E-state index is 0.310. The van der Waals surface area contributed by atoms with E-state index >= 15 is 0 Å². The maximum atomic E-state index is 13.1. The van der Waals surface area contributed by atoms with Crippen LogP contribution >= 0.6 is 15.9 Å². The zero-order chi connectivity index (χ0) is 15.4. The third-order valence-electron chi connectivity index (χ3n) is 3.83. The van der Waals surface area contributed by atoms with Crippen LogP contribution in [0.4, 0.5) is 4.39 Å². The monoisotopic (exact) mass is 357 g/mol. The molecule has 1 aliphatic carbocycles. The van der Waals surface area contributed by atoms with E-state index in [4.69, 9.17) is 0 Å². The summed E-state index contributed by atoms with van der Waals surface area (Å²) < 4.78 is 13.4. The fraction of sp³-hybridized carbons (Fsp3) is 0.467. The zero-order valence-corrected chi connectivity index (χ0v) is 13.0. The molecule has 0 spiro atoms. The van der Waals surface area contributed by atoms with Gasteiger partial charge in [-0.05, 0) is 47.0 Å². The summed E-state index contributed by atoms with van der Waals surface area (Å²) in [4.78, 5) is 23.6. The highest BCUT2D eigenvalue weighted by Crippen LogP contribution is 2.25. The van der Waals surface area contributed by atoms with E-state index in [1.165, 1.54) is 18.2 Å². The number of rotatable bonds is 3. The Morgan fingerprint density at radius 1 is 1.24 bits per heavy atom.